The van der Waals surface area contributed by atoms with Gasteiger partial charge >= 0.3 is 12.1 Å². The Balaban J connectivity index is 1.78. The van der Waals surface area contributed by atoms with Crippen LogP contribution in [0, 0.1) is 0 Å². The van der Waals surface area contributed by atoms with Crippen LogP contribution in [0.15, 0.2) is 30.5 Å². The third-order valence-corrected chi connectivity index (χ3v) is 10.1. The molecule has 0 spiro atoms. The molecule has 1 heterocycles. The van der Waals surface area contributed by atoms with Crippen molar-refractivity contribution in [2.24, 2.45) is 0 Å². The summed E-state index contributed by atoms with van der Waals surface area (Å²) in [5, 5.41) is 4.21. The average molecular weight is 429 g/mol. The third-order valence-electron chi connectivity index (χ3n) is 5.58. The highest BCUT2D eigenvalue weighted by atomic mass is 28.4. The molecule has 0 bridgehead atoms. The summed E-state index contributed by atoms with van der Waals surface area (Å²) in [4.78, 5) is 11.5. The van der Waals surface area contributed by atoms with Gasteiger partial charge in [-0.25, -0.2) is 0 Å². The first kappa shape index (κ1) is 23.6. The molecule has 1 aromatic carbocycles. The molecular weight excluding hydrogens is 397 g/mol. The van der Waals surface area contributed by atoms with E-state index in [4.69, 9.17) is 4.43 Å². The molecule has 1 aromatic heterocycles. The van der Waals surface area contributed by atoms with Crippen LogP contribution in [0.2, 0.25) is 18.1 Å². The van der Waals surface area contributed by atoms with Gasteiger partial charge in [0.1, 0.15) is 0 Å². The molecule has 0 atom stereocenters. The fourth-order valence-electron chi connectivity index (χ4n) is 2.80. The summed E-state index contributed by atoms with van der Waals surface area (Å²) in [6.07, 6.45) is -1.99. The molecule has 0 aliphatic heterocycles. The zero-order chi connectivity index (χ0) is 21.9. The van der Waals surface area contributed by atoms with E-state index in [0.717, 1.165) is 31.5 Å². The highest BCUT2D eigenvalue weighted by Crippen LogP contribution is 2.36. The molecule has 4 nitrogen and oxygen atoms in total. The molecule has 0 aliphatic carbocycles. The molecule has 8 heteroatoms. The summed E-state index contributed by atoms with van der Waals surface area (Å²) in [6.45, 7) is 13.5. The largest absolute Gasteiger partial charge is 0.472 e. The van der Waals surface area contributed by atoms with Gasteiger partial charge in [-0.05, 0) is 61.3 Å². The Labute approximate surface area is 171 Å². The second-order valence-corrected chi connectivity index (χ2v) is 13.7. The first-order chi connectivity index (χ1) is 13.3. The first-order valence-electron chi connectivity index (χ1n) is 9.89. The number of carbonyl (C=O) groups is 1. The summed E-state index contributed by atoms with van der Waals surface area (Å²) in [7, 11) is -1.71. The third kappa shape index (κ3) is 6.17. The molecule has 0 fully saturated rings. The summed E-state index contributed by atoms with van der Waals surface area (Å²) >= 11 is 0. The quantitative estimate of drug-likeness (QED) is 0.453. The van der Waals surface area contributed by atoms with Crippen LogP contribution in [0.25, 0.3) is 10.9 Å². The van der Waals surface area contributed by atoms with E-state index in [9.17, 15) is 18.0 Å². The minimum absolute atomic E-state index is 0.204. The maximum absolute atomic E-state index is 12.7. The van der Waals surface area contributed by atoms with Crippen molar-refractivity contribution in [1.29, 1.82) is 0 Å². The molecule has 0 aliphatic rings. The van der Waals surface area contributed by atoms with Crippen LogP contribution >= 0.6 is 0 Å². The number of alkyl halides is 3. The van der Waals surface area contributed by atoms with Gasteiger partial charge in [0.15, 0.2) is 8.32 Å². The number of halogens is 3. The van der Waals surface area contributed by atoms with E-state index in [1.807, 2.05) is 6.07 Å². The molecule has 162 valence electrons. The lowest BCUT2D eigenvalue weighted by molar-refractivity contribution is -0.0942. The highest BCUT2D eigenvalue weighted by Gasteiger charge is 2.40. The van der Waals surface area contributed by atoms with Gasteiger partial charge < -0.3 is 9.74 Å². The average Bonchev–Trinajstić information content (AvgIpc) is 3.01. The molecule has 0 unspecified atom stereocenters. The number of nitrogens with zero attached hydrogens (tertiary/aromatic N) is 1. The van der Waals surface area contributed by atoms with Gasteiger partial charge in [-0.3, -0.25) is 9.36 Å². The standard InChI is InChI=1S/C21H31F3N2O2Si/c1-20(2,3)29(4,5)28-14-12-25-11-6-7-16-8-9-18-17(15-16)10-13-26(18)19(27)21(22,23)24/h8-10,13,15,25H,6-7,11-12,14H2,1-5H3. The van der Waals surface area contributed by atoms with E-state index in [0.29, 0.717) is 16.6 Å². The summed E-state index contributed by atoms with van der Waals surface area (Å²) in [6, 6.07) is 6.74. The molecule has 0 radical (unpaired) electrons. The monoisotopic (exact) mass is 428 g/mol. The van der Waals surface area contributed by atoms with E-state index in [1.165, 1.54) is 6.20 Å². The van der Waals surface area contributed by atoms with Crippen molar-refractivity contribution in [1.82, 2.24) is 9.88 Å². The lowest BCUT2D eigenvalue weighted by atomic mass is 10.1. The van der Waals surface area contributed by atoms with Crippen molar-refractivity contribution in [2.45, 2.75) is 57.9 Å². The molecule has 0 amide bonds. The second kappa shape index (κ2) is 9.02. The Kier molecular flexibility index (Phi) is 7.35. The maximum Gasteiger partial charge on any atom is 0.472 e. The minimum atomic E-state index is -4.88. The lowest BCUT2D eigenvalue weighted by Gasteiger charge is -2.36. The lowest BCUT2D eigenvalue weighted by Crippen LogP contribution is -2.42. The number of hydrogen-bond acceptors (Lipinski definition) is 3. The van der Waals surface area contributed by atoms with Gasteiger partial charge in [-0.1, -0.05) is 26.8 Å². The van der Waals surface area contributed by atoms with E-state index in [2.05, 4.69) is 39.2 Å². The van der Waals surface area contributed by atoms with Crippen LogP contribution in [0.1, 0.15) is 37.6 Å². The number of hydrogen-bond donors (Lipinski definition) is 1. The summed E-state index contributed by atoms with van der Waals surface area (Å²) in [5.41, 5.74) is 1.31. The molecule has 29 heavy (non-hydrogen) atoms. The second-order valence-electron chi connectivity index (χ2n) is 8.84. The zero-order valence-electron chi connectivity index (χ0n) is 17.8. The van der Waals surface area contributed by atoms with Crippen LogP contribution < -0.4 is 5.32 Å². The summed E-state index contributed by atoms with van der Waals surface area (Å²) in [5.74, 6) is -1.87. The predicted octanol–water partition coefficient (Wildman–Crippen LogP) is 5.39. The van der Waals surface area contributed by atoms with Crippen LogP contribution in [0.4, 0.5) is 13.2 Å². The summed E-state index contributed by atoms with van der Waals surface area (Å²) < 4.78 is 44.7. The maximum atomic E-state index is 12.7. The molecule has 2 aromatic rings. The minimum Gasteiger partial charge on any atom is -0.416 e. The zero-order valence-corrected chi connectivity index (χ0v) is 18.8. The number of aryl methyl sites for hydroxylation is 1. The van der Waals surface area contributed by atoms with Gasteiger partial charge in [0.2, 0.25) is 0 Å². The fourth-order valence-corrected chi connectivity index (χ4v) is 3.84. The smallest absolute Gasteiger partial charge is 0.416 e. The van der Waals surface area contributed by atoms with Crippen molar-refractivity contribution >= 4 is 25.1 Å². The predicted molar refractivity (Wildman–Crippen MR) is 113 cm³/mol. The van der Waals surface area contributed by atoms with Crippen LogP contribution in [0.3, 0.4) is 0 Å². The Morgan fingerprint density at radius 1 is 1.14 bits per heavy atom. The molecule has 2 rings (SSSR count). The van der Waals surface area contributed by atoms with Gasteiger partial charge in [0.25, 0.3) is 0 Å². The van der Waals surface area contributed by atoms with Crippen molar-refractivity contribution < 1.29 is 22.4 Å². The van der Waals surface area contributed by atoms with Crippen molar-refractivity contribution in [3.05, 3.63) is 36.0 Å². The SMILES string of the molecule is CC(C)(C)[Si](C)(C)OCCNCCCc1ccc2c(ccn2C(=O)C(F)(F)F)c1. The van der Waals surface area contributed by atoms with Crippen LogP contribution in [-0.4, -0.2) is 44.7 Å². The normalized spacial score (nSPS) is 13.2. The van der Waals surface area contributed by atoms with Crippen molar-refractivity contribution in [2.75, 3.05) is 19.7 Å². The Morgan fingerprint density at radius 2 is 1.83 bits per heavy atom. The van der Waals surface area contributed by atoms with Crippen LogP contribution in [-0.2, 0) is 10.8 Å². The Morgan fingerprint density at radius 3 is 2.45 bits per heavy atom. The number of aromatic nitrogens is 1. The Bertz CT molecular complexity index is 839. The highest BCUT2D eigenvalue weighted by molar-refractivity contribution is 6.74. The molecule has 1 N–H and O–H groups in total. The topological polar surface area (TPSA) is 43.3 Å². The van der Waals surface area contributed by atoms with E-state index in [1.54, 1.807) is 18.2 Å². The number of nitrogens with one attached hydrogen (secondary N) is 1. The van der Waals surface area contributed by atoms with Gasteiger partial charge in [0, 0.05) is 24.7 Å². The number of fused-ring (bicyclic) bond motifs is 1. The number of benzene rings is 1. The fraction of sp³-hybridized carbons (Fsp3) is 0.571. The van der Waals surface area contributed by atoms with Crippen molar-refractivity contribution in [3.8, 4) is 0 Å². The van der Waals surface area contributed by atoms with E-state index >= 15 is 0 Å². The number of rotatable bonds is 8. The van der Waals surface area contributed by atoms with Gasteiger partial charge in [-0.2, -0.15) is 13.2 Å². The van der Waals surface area contributed by atoms with Gasteiger partial charge in [-0.15, -0.1) is 0 Å². The van der Waals surface area contributed by atoms with E-state index in [-0.39, 0.29) is 10.6 Å². The van der Waals surface area contributed by atoms with E-state index < -0.39 is 20.4 Å². The molecule has 0 saturated heterocycles. The first-order valence-corrected chi connectivity index (χ1v) is 12.8. The molecule has 0 saturated carbocycles. The van der Waals surface area contributed by atoms with Gasteiger partial charge in [0.05, 0.1) is 5.52 Å². The Hall–Kier alpha value is -1.64. The number of carbonyl (C=O) groups excluding carboxylic acids is 1. The molecular formula is C21H31F3N2O2Si. The van der Waals surface area contributed by atoms with Crippen molar-refractivity contribution in [3.63, 3.8) is 0 Å². The van der Waals surface area contributed by atoms with Crippen LogP contribution in [0.5, 0.6) is 0 Å².